The molecule has 23 heavy (non-hydrogen) atoms. The van der Waals surface area contributed by atoms with E-state index in [0.29, 0.717) is 18.0 Å². The summed E-state index contributed by atoms with van der Waals surface area (Å²) >= 11 is 1.45. The van der Waals surface area contributed by atoms with Crippen molar-refractivity contribution in [1.29, 1.82) is 0 Å². The molecule has 1 unspecified atom stereocenters. The molecule has 1 aliphatic heterocycles. The molecule has 1 aliphatic rings. The molecule has 1 aromatic heterocycles. The summed E-state index contributed by atoms with van der Waals surface area (Å²) in [5, 5.41) is 10.7. The van der Waals surface area contributed by atoms with E-state index in [1.165, 1.54) is 22.5 Å². The van der Waals surface area contributed by atoms with Gasteiger partial charge in [0.15, 0.2) is 0 Å². The second kappa shape index (κ2) is 6.42. The average molecular weight is 330 g/mol. The second-order valence-corrected chi connectivity index (χ2v) is 7.30. The van der Waals surface area contributed by atoms with Crippen molar-refractivity contribution in [2.24, 2.45) is 0 Å². The number of thiazole rings is 1. The Morgan fingerprint density at radius 3 is 2.83 bits per heavy atom. The van der Waals surface area contributed by atoms with Crippen LogP contribution in [0.4, 0.5) is 0 Å². The van der Waals surface area contributed by atoms with Crippen molar-refractivity contribution in [3.05, 3.63) is 39.9 Å². The maximum absolute atomic E-state index is 12.7. The number of nitrogens with zero attached hydrogens (tertiary/aromatic N) is 2. The lowest BCUT2D eigenvalue weighted by Gasteiger charge is -2.29. The Hall–Kier alpha value is -1.72. The number of hydrogen-bond donors (Lipinski definition) is 1. The number of aryl methyl sites for hydroxylation is 3. The number of likely N-dealkylation sites (tertiary alicyclic amines) is 1. The quantitative estimate of drug-likeness (QED) is 0.919. The Balaban J connectivity index is 1.90. The fourth-order valence-electron chi connectivity index (χ4n) is 3.05. The highest BCUT2D eigenvalue weighted by Gasteiger charge is 2.26. The Bertz CT molecular complexity index is 739. The number of piperidine rings is 1. The van der Waals surface area contributed by atoms with Gasteiger partial charge >= 0.3 is 0 Å². The number of benzene rings is 1. The van der Waals surface area contributed by atoms with Gasteiger partial charge in [-0.25, -0.2) is 4.98 Å². The number of aliphatic hydroxyl groups excluding tert-OH is 1. The summed E-state index contributed by atoms with van der Waals surface area (Å²) in [6.45, 7) is 7.17. The number of aromatic nitrogens is 1. The lowest BCUT2D eigenvalue weighted by molar-refractivity contribution is 0.0477. The first-order chi connectivity index (χ1) is 11.0. The molecule has 1 aromatic carbocycles. The Labute approximate surface area is 140 Å². The van der Waals surface area contributed by atoms with Crippen molar-refractivity contribution >= 4 is 17.2 Å². The van der Waals surface area contributed by atoms with Gasteiger partial charge in [0.25, 0.3) is 5.91 Å². The van der Waals surface area contributed by atoms with Crippen LogP contribution >= 0.6 is 11.3 Å². The van der Waals surface area contributed by atoms with Crippen molar-refractivity contribution in [2.45, 2.75) is 39.7 Å². The van der Waals surface area contributed by atoms with Gasteiger partial charge in [-0.1, -0.05) is 23.8 Å². The van der Waals surface area contributed by atoms with Crippen LogP contribution in [0.1, 0.15) is 39.3 Å². The van der Waals surface area contributed by atoms with Crippen LogP contribution in [-0.2, 0) is 0 Å². The van der Waals surface area contributed by atoms with Crippen LogP contribution in [0.15, 0.2) is 18.2 Å². The summed E-state index contributed by atoms with van der Waals surface area (Å²) in [6.07, 6.45) is 1.23. The molecule has 1 amide bonds. The van der Waals surface area contributed by atoms with Crippen LogP contribution in [0.2, 0.25) is 0 Å². The molecule has 3 rings (SSSR count). The molecule has 1 atom stereocenters. The van der Waals surface area contributed by atoms with Crippen LogP contribution in [0.5, 0.6) is 0 Å². The van der Waals surface area contributed by atoms with Crippen molar-refractivity contribution in [3.8, 4) is 10.6 Å². The minimum Gasteiger partial charge on any atom is -0.391 e. The molecule has 5 heteroatoms. The number of carbonyl (C=O) groups excluding carboxylic acids is 1. The first-order valence-corrected chi connectivity index (χ1v) is 8.79. The number of β-amino-alcohol motifs (C(OH)–C–C–N with tert-alkyl or cyclic N) is 1. The smallest absolute Gasteiger partial charge is 0.265 e. The Morgan fingerprint density at radius 2 is 2.13 bits per heavy atom. The highest BCUT2D eigenvalue weighted by molar-refractivity contribution is 7.17. The lowest BCUT2D eigenvalue weighted by atomic mass is 10.1. The van der Waals surface area contributed by atoms with E-state index in [1.54, 1.807) is 4.90 Å². The SMILES string of the molecule is Cc1ccc(-c2nc(C)c(C(=O)N3CCCC(O)C3)s2)c(C)c1. The second-order valence-electron chi connectivity index (χ2n) is 6.30. The predicted octanol–water partition coefficient (Wildman–Crippen LogP) is 3.33. The molecule has 0 radical (unpaired) electrons. The molecular formula is C18H22N2O2S. The molecule has 122 valence electrons. The van der Waals surface area contributed by atoms with E-state index in [-0.39, 0.29) is 5.91 Å². The molecule has 2 aromatic rings. The topological polar surface area (TPSA) is 53.4 Å². The van der Waals surface area contributed by atoms with Crippen molar-refractivity contribution in [2.75, 3.05) is 13.1 Å². The van der Waals surface area contributed by atoms with Crippen LogP contribution in [0.25, 0.3) is 10.6 Å². The van der Waals surface area contributed by atoms with Gasteiger partial charge in [-0.3, -0.25) is 4.79 Å². The van der Waals surface area contributed by atoms with E-state index >= 15 is 0 Å². The summed E-state index contributed by atoms with van der Waals surface area (Å²) in [4.78, 5) is 19.8. The van der Waals surface area contributed by atoms with E-state index in [4.69, 9.17) is 0 Å². The predicted molar refractivity (Wildman–Crippen MR) is 92.9 cm³/mol. The summed E-state index contributed by atoms with van der Waals surface area (Å²) in [5.41, 5.74) is 4.25. The van der Waals surface area contributed by atoms with Gasteiger partial charge in [-0.15, -0.1) is 11.3 Å². The number of amides is 1. The molecule has 0 saturated carbocycles. The van der Waals surface area contributed by atoms with Gasteiger partial charge in [0.1, 0.15) is 9.88 Å². The van der Waals surface area contributed by atoms with Gasteiger partial charge in [0.05, 0.1) is 11.8 Å². The largest absolute Gasteiger partial charge is 0.391 e. The van der Waals surface area contributed by atoms with Gasteiger partial charge in [-0.05, 0) is 39.2 Å². The van der Waals surface area contributed by atoms with E-state index in [2.05, 4.69) is 37.0 Å². The molecule has 1 fully saturated rings. The minimum absolute atomic E-state index is 0.00485. The highest BCUT2D eigenvalue weighted by Crippen LogP contribution is 2.31. The van der Waals surface area contributed by atoms with Crippen molar-refractivity contribution in [1.82, 2.24) is 9.88 Å². The summed E-state index contributed by atoms with van der Waals surface area (Å²) in [5.74, 6) is -0.00485. The molecule has 4 nitrogen and oxygen atoms in total. The molecule has 0 spiro atoms. The molecule has 1 saturated heterocycles. The molecule has 0 bridgehead atoms. The maximum atomic E-state index is 12.7. The van der Waals surface area contributed by atoms with Crippen molar-refractivity contribution in [3.63, 3.8) is 0 Å². The van der Waals surface area contributed by atoms with Gasteiger partial charge in [0, 0.05) is 18.7 Å². The van der Waals surface area contributed by atoms with Crippen LogP contribution in [0.3, 0.4) is 0 Å². The zero-order valence-corrected chi connectivity index (χ0v) is 14.6. The normalized spacial score (nSPS) is 18.3. The summed E-state index contributed by atoms with van der Waals surface area (Å²) in [6, 6.07) is 6.28. The van der Waals surface area contributed by atoms with Gasteiger partial charge in [0.2, 0.25) is 0 Å². The van der Waals surface area contributed by atoms with E-state index in [0.717, 1.165) is 29.1 Å². The van der Waals surface area contributed by atoms with Gasteiger partial charge in [-0.2, -0.15) is 0 Å². The monoisotopic (exact) mass is 330 g/mol. The van der Waals surface area contributed by atoms with Crippen LogP contribution in [-0.4, -0.2) is 40.1 Å². The third kappa shape index (κ3) is 3.31. The number of carbonyl (C=O) groups is 1. The first-order valence-electron chi connectivity index (χ1n) is 7.98. The average Bonchev–Trinajstić information content (AvgIpc) is 2.88. The number of hydrogen-bond acceptors (Lipinski definition) is 4. The van der Waals surface area contributed by atoms with Crippen molar-refractivity contribution < 1.29 is 9.90 Å². The molecule has 2 heterocycles. The summed E-state index contributed by atoms with van der Waals surface area (Å²) < 4.78 is 0. The molecule has 1 N–H and O–H groups in total. The highest BCUT2D eigenvalue weighted by atomic mass is 32.1. The number of rotatable bonds is 2. The van der Waals surface area contributed by atoms with Crippen LogP contribution in [0, 0.1) is 20.8 Å². The minimum atomic E-state index is -0.403. The maximum Gasteiger partial charge on any atom is 0.265 e. The zero-order chi connectivity index (χ0) is 16.6. The standard InChI is InChI=1S/C18H22N2O2S/c1-11-6-7-15(12(2)9-11)17-19-13(3)16(23-17)18(22)20-8-4-5-14(21)10-20/h6-7,9,14,21H,4-5,8,10H2,1-3H3. The first kappa shape index (κ1) is 16.1. The summed E-state index contributed by atoms with van der Waals surface area (Å²) in [7, 11) is 0. The van der Waals surface area contributed by atoms with Gasteiger partial charge < -0.3 is 10.0 Å². The Kier molecular flexibility index (Phi) is 4.50. The van der Waals surface area contributed by atoms with E-state index in [1.807, 2.05) is 6.92 Å². The lowest BCUT2D eigenvalue weighted by Crippen LogP contribution is -2.42. The third-order valence-electron chi connectivity index (χ3n) is 4.29. The molecule has 0 aliphatic carbocycles. The fraction of sp³-hybridized carbons (Fsp3) is 0.444. The molecular weight excluding hydrogens is 308 g/mol. The number of aliphatic hydroxyl groups is 1. The van der Waals surface area contributed by atoms with Crippen LogP contribution < -0.4 is 0 Å². The van der Waals surface area contributed by atoms with E-state index in [9.17, 15) is 9.90 Å². The fourth-order valence-corrected chi connectivity index (χ4v) is 4.17. The Morgan fingerprint density at radius 1 is 1.35 bits per heavy atom. The third-order valence-corrected chi connectivity index (χ3v) is 5.47. The zero-order valence-electron chi connectivity index (χ0n) is 13.8. The van der Waals surface area contributed by atoms with E-state index < -0.39 is 6.10 Å².